The largest absolute Gasteiger partial charge is 0.285 e. The average Bonchev–Trinajstić information content (AvgIpc) is 2.49. The lowest BCUT2D eigenvalue weighted by Gasteiger charge is -2.15. The van der Waals surface area contributed by atoms with Gasteiger partial charge in [0.2, 0.25) is 5.12 Å². The van der Waals surface area contributed by atoms with Gasteiger partial charge in [-0.3, -0.25) is 4.79 Å². The first kappa shape index (κ1) is 17.0. The summed E-state index contributed by atoms with van der Waals surface area (Å²) in [6.45, 7) is 0. The molecule has 2 aromatic rings. The average molecular weight is 380 g/mol. The Hall–Kier alpha value is -0.380. The van der Waals surface area contributed by atoms with Crippen molar-refractivity contribution in [2.45, 2.75) is 15.6 Å². The van der Waals surface area contributed by atoms with Crippen molar-refractivity contribution in [3.05, 3.63) is 64.1 Å². The molecule has 2 atom stereocenters. The number of hydrogen-bond acceptors (Lipinski definition) is 2. The van der Waals surface area contributed by atoms with E-state index in [4.69, 9.17) is 46.4 Å². The van der Waals surface area contributed by atoms with Crippen molar-refractivity contribution in [3.8, 4) is 0 Å². The fraction of sp³-hybridized carbons (Fsp3) is 0.133. The number of benzene rings is 2. The quantitative estimate of drug-likeness (QED) is 0.464. The Balaban J connectivity index is 2.04. The van der Waals surface area contributed by atoms with Crippen molar-refractivity contribution in [1.29, 1.82) is 0 Å². The maximum Gasteiger partial charge on any atom is 0.213 e. The third-order valence-corrected chi connectivity index (χ3v) is 5.38. The first-order valence-electron chi connectivity index (χ1n) is 5.98. The van der Waals surface area contributed by atoms with Crippen LogP contribution < -0.4 is 0 Å². The molecule has 0 saturated carbocycles. The lowest BCUT2D eigenvalue weighted by molar-refractivity contribution is -0.110. The summed E-state index contributed by atoms with van der Waals surface area (Å²) in [7, 11) is 0. The molecule has 0 fully saturated rings. The van der Waals surface area contributed by atoms with Gasteiger partial charge in [-0.15, -0.1) is 23.2 Å². The molecular formula is C15H10Cl4OS. The van der Waals surface area contributed by atoms with Gasteiger partial charge in [-0.25, -0.2) is 0 Å². The zero-order chi connectivity index (χ0) is 15.4. The van der Waals surface area contributed by atoms with Gasteiger partial charge in [0.25, 0.3) is 0 Å². The highest BCUT2D eigenvalue weighted by atomic mass is 35.5. The maximum absolute atomic E-state index is 12.2. The highest BCUT2D eigenvalue weighted by Crippen LogP contribution is 2.34. The number of carbonyl (C=O) groups is 1. The van der Waals surface area contributed by atoms with Crippen LogP contribution in [0.1, 0.15) is 10.9 Å². The Bertz CT molecular complexity index is 613. The second kappa shape index (κ2) is 7.75. The van der Waals surface area contributed by atoms with Crippen molar-refractivity contribution in [2.75, 3.05) is 0 Å². The molecule has 0 N–H and O–H groups in total. The normalized spacial score (nSPS) is 13.7. The summed E-state index contributed by atoms with van der Waals surface area (Å²) in [4.78, 5) is 12.9. The van der Waals surface area contributed by atoms with E-state index >= 15 is 0 Å². The van der Waals surface area contributed by atoms with Gasteiger partial charge in [-0.1, -0.05) is 47.1 Å². The fourth-order valence-electron chi connectivity index (χ4n) is 1.61. The van der Waals surface area contributed by atoms with Crippen LogP contribution in [-0.2, 0) is 4.79 Å². The standard InChI is InChI=1S/C15H10Cl4OS/c16-10-3-1-9(2-4-10)13(18)14(19)15(20)21-12-7-5-11(17)6-8-12/h1-8,13-14H/t13-,14-/m1/s1. The lowest BCUT2D eigenvalue weighted by atomic mass is 10.1. The van der Waals surface area contributed by atoms with Crippen LogP contribution in [0.25, 0.3) is 0 Å². The molecule has 1 nitrogen and oxygen atoms in total. The van der Waals surface area contributed by atoms with Gasteiger partial charge in [0, 0.05) is 14.9 Å². The van der Waals surface area contributed by atoms with Crippen LogP contribution in [0.3, 0.4) is 0 Å². The number of thioether (sulfide) groups is 1. The van der Waals surface area contributed by atoms with Crippen LogP contribution in [0.4, 0.5) is 0 Å². The Kier molecular flexibility index (Phi) is 6.27. The summed E-state index contributed by atoms with van der Waals surface area (Å²) in [6.07, 6.45) is 0. The molecule has 0 aliphatic carbocycles. The summed E-state index contributed by atoms with van der Waals surface area (Å²) in [5.74, 6) is 0. The van der Waals surface area contributed by atoms with Crippen LogP contribution in [0.15, 0.2) is 53.4 Å². The molecule has 0 aromatic heterocycles. The zero-order valence-corrected chi connectivity index (χ0v) is 14.4. The van der Waals surface area contributed by atoms with Crippen molar-refractivity contribution >= 4 is 63.3 Å². The summed E-state index contributed by atoms with van der Waals surface area (Å²) < 4.78 is 0. The van der Waals surface area contributed by atoms with Crippen LogP contribution in [0, 0.1) is 0 Å². The molecule has 2 aromatic carbocycles. The van der Waals surface area contributed by atoms with Gasteiger partial charge in [0.1, 0.15) is 5.38 Å². The van der Waals surface area contributed by atoms with Gasteiger partial charge in [0.05, 0.1) is 5.38 Å². The van der Waals surface area contributed by atoms with E-state index in [-0.39, 0.29) is 5.12 Å². The van der Waals surface area contributed by atoms with Gasteiger partial charge in [-0.05, 0) is 42.0 Å². The number of alkyl halides is 2. The molecule has 0 bridgehead atoms. The molecular weight excluding hydrogens is 370 g/mol. The first-order valence-corrected chi connectivity index (χ1v) is 8.43. The number of rotatable bonds is 4. The SMILES string of the molecule is O=C(Sc1ccc(Cl)cc1)[C@H](Cl)[C@H](Cl)c1ccc(Cl)cc1. The monoisotopic (exact) mass is 378 g/mol. The molecule has 0 saturated heterocycles. The van der Waals surface area contributed by atoms with Crippen LogP contribution in [0.5, 0.6) is 0 Å². The predicted octanol–water partition coefficient (Wildman–Crippen LogP) is 6.20. The van der Waals surface area contributed by atoms with E-state index in [2.05, 4.69) is 0 Å². The molecule has 0 heterocycles. The van der Waals surface area contributed by atoms with E-state index in [0.717, 1.165) is 22.2 Å². The topological polar surface area (TPSA) is 17.1 Å². The third kappa shape index (κ3) is 4.80. The molecule has 0 amide bonds. The molecule has 0 aliphatic heterocycles. The van der Waals surface area contributed by atoms with E-state index in [1.165, 1.54) is 0 Å². The summed E-state index contributed by atoms with van der Waals surface area (Å²) >= 11 is 25.1. The second-order valence-electron chi connectivity index (χ2n) is 4.23. The summed E-state index contributed by atoms with van der Waals surface area (Å²) in [5, 5.41) is -0.445. The number of carbonyl (C=O) groups excluding carboxylic acids is 1. The van der Waals surface area contributed by atoms with Crippen molar-refractivity contribution in [2.24, 2.45) is 0 Å². The number of halogens is 4. The first-order chi connectivity index (χ1) is 9.97. The molecule has 21 heavy (non-hydrogen) atoms. The lowest BCUT2D eigenvalue weighted by Crippen LogP contribution is -2.16. The van der Waals surface area contributed by atoms with E-state index in [1.807, 2.05) is 0 Å². The minimum absolute atomic E-state index is 0.214. The highest BCUT2D eigenvalue weighted by molar-refractivity contribution is 8.14. The molecule has 2 rings (SSSR count). The van der Waals surface area contributed by atoms with Crippen LogP contribution >= 0.6 is 58.2 Å². The van der Waals surface area contributed by atoms with Gasteiger partial charge >= 0.3 is 0 Å². The van der Waals surface area contributed by atoms with Gasteiger partial charge in [0.15, 0.2) is 0 Å². The zero-order valence-electron chi connectivity index (χ0n) is 10.6. The third-order valence-electron chi connectivity index (χ3n) is 2.70. The van der Waals surface area contributed by atoms with E-state index in [9.17, 15) is 4.79 Å². The maximum atomic E-state index is 12.2. The molecule has 0 unspecified atom stereocenters. The summed E-state index contributed by atoms with van der Waals surface area (Å²) in [6, 6.07) is 13.9. The smallest absolute Gasteiger partial charge is 0.213 e. The molecule has 6 heteroatoms. The van der Waals surface area contributed by atoms with Crippen molar-refractivity contribution < 1.29 is 4.79 Å². The number of hydrogen-bond donors (Lipinski definition) is 0. The molecule has 0 spiro atoms. The van der Waals surface area contributed by atoms with Crippen molar-refractivity contribution in [1.82, 2.24) is 0 Å². The minimum Gasteiger partial charge on any atom is -0.285 e. The Morgan fingerprint density at radius 3 is 1.86 bits per heavy atom. The fourth-order valence-corrected chi connectivity index (χ4v) is 3.23. The van der Waals surface area contributed by atoms with Gasteiger partial charge in [-0.2, -0.15) is 0 Å². The van der Waals surface area contributed by atoms with Gasteiger partial charge < -0.3 is 0 Å². The minimum atomic E-state index is -0.839. The Labute approximate surface area is 147 Å². The van der Waals surface area contributed by atoms with Crippen molar-refractivity contribution in [3.63, 3.8) is 0 Å². The highest BCUT2D eigenvalue weighted by Gasteiger charge is 2.26. The van der Waals surface area contributed by atoms with Crippen LogP contribution in [0.2, 0.25) is 10.0 Å². The van der Waals surface area contributed by atoms with E-state index < -0.39 is 10.8 Å². The second-order valence-corrected chi connectivity index (χ2v) is 7.12. The Morgan fingerprint density at radius 2 is 1.33 bits per heavy atom. The molecule has 110 valence electrons. The molecule has 0 aliphatic rings. The molecule has 0 radical (unpaired) electrons. The summed E-state index contributed by atoms with van der Waals surface area (Å²) in [5.41, 5.74) is 0.756. The van der Waals surface area contributed by atoms with E-state index in [1.54, 1.807) is 48.5 Å². The van der Waals surface area contributed by atoms with Crippen LogP contribution in [-0.4, -0.2) is 10.5 Å². The Morgan fingerprint density at radius 1 is 0.857 bits per heavy atom. The van der Waals surface area contributed by atoms with E-state index in [0.29, 0.717) is 10.0 Å². The predicted molar refractivity (Wildman–Crippen MR) is 92.0 cm³/mol.